The van der Waals surface area contributed by atoms with Crippen LogP contribution in [0.4, 0.5) is 0 Å². The summed E-state index contributed by atoms with van der Waals surface area (Å²) in [6.07, 6.45) is 1.13. The molecule has 0 saturated heterocycles. The van der Waals surface area contributed by atoms with Crippen LogP contribution >= 0.6 is 0 Å². The molecular formula is C8H12O4. The number of rotatable bonds is 3. The van der Waals surface area contributed by atoms with Gasteiger partial charge in [-0.2, -0.15) is 0 Å². The Bertz CT molecular complexity index is 223. The summed E-state index contributed by atoms with van der Waals surface area (Å²) in [5.74, 6) is -1.70. The van der Waals surface area contributed by atoms with E-state index in [-0.39, 0.29) is 5.92 Å². The Morgan fingerprint density at radius 3 is 2.50 bits per heavy atom. The summed E-state index contributed by atoms with van der Waals surface area (Å²) >= 11 is 0. The van der Waals surface area contributed by atoms with E-state index in [4.69, 9.17) is 5.11 Å². The summed E-state index contributed by atoms with van der Waals surface area (Å²) in [7, 11) is 1.22. The van der Waals surface area contributed by atoms with E-state index in [0.717, 1.165) is 0 Å². The molecule has 4 nitrogen and oxygen atoms in total. The van der Waals surface area contributed by atoms with Crippen LogP contribution in [-0.4, -0.2) is 24.2 Å². The van der Waals surface area contributed by atoms with Crippen molar-refractivity contribution in [3.63, 3.8) is 0 Å². The van der Waals surface area contributed by atoms with Crippen molar-refractivity contribution in [2.24, 2.45) is 11.3 Å². The van der Waals surface area contributed by atoms with Crippen LogP contribution in [0.25, 0.3) is 0 Å². The monoisotopic (exact) mass is 172 g/mol. The van der Waals surface area contributed by atoms with Crippen LogP contribution in [-0.2, 0) is 14.3 Å². The highest BCUT2D eigenvalue weighted by Gasteiger charge is 2.66. The van der Waals surface area contributed by atoms with Crippen LogP contribution in [0.15, 0.2) is 0 Å². The number of carbonyl (C=O) groups is 2. The number of hydrogen-bond donors (Lipinski definition) is 1. The quantitative estimate of drug-likeness (QED) is 0.501. The number of methoxy groups -OCH3 is 1. The van der Waals surface area contributed by atoms with Gasteiger partial charge in [0.25, 0.3) is 0 Å². The summed E-state index contributed by atoms with van der Waals surface area (Å²) in [6.45, 7) is 1.87. The molecule has 4 heteroatoms. The van der Waals surface area contributed by atoms with Gasteiger partial charge in [0.15, 0.2) is 5.41 Å². The Labute approximate surface area is 70.5 Å². The lowest BCUT2D eigenvalue weighted by Crippen LogP contribution is -2.28. The van der Waals surface area contributed by atoms with Gasteiger partial charge < -0.3 is 9.84 Å². The lowest BCUT2D eigenvalue weighted by molar-refractivity contribution is -0.160. The molecule has 2 atom stereocenters. The molecule has 1 N–H and O–H groups in total. The van der Waals surface area contributed by atoms with Gasteiger partial charge in [-0.15, -0.1) is 0 Å². The molecule has 1 saturated carbocycles. The molecule has 2 unspecified atom stereocenters. The fourth-order valence-electron chi connectivity index (χ4n) is 1.60. The molecule has 1 fully saturated rings. The summed E-state index contributed by atoms with van der Waals surface area (Å²) < 4.78 is 4.45. The van der Waals surface area contributed by atoms with Crippen molar-refractivity contribution in [3.8, 4) is 0 Å². The number of esters is 1. The standard InChI is InChI=1S/C8H12O4/c1-3-5-4-8(5,6(9)10)7(11)12-2/h5H,3-4H2,1-2H3,(H,9,10). The van der Waals surface area contributed by atoms with Crippen molar-refractivity contribution >= 4 is 11.9 Å². The summed E-state index contributed by atoms with van der Waals surface area (Å²) in [4.78, 5) is 21.9. The summed E-state index contributed by atoms with van der Waals surface area (Å²) in [6, 6.07) is 0. The molecule has 1 aliphatic rings. The van der Waals surface area contributed by atoms with Gasteiger partial charge in [-0.25, -0.2) is 0 Å². The first kappa shape index (κ1) is 9.03. The zero-order valence-electron chi connectivity index (χ0n) is 7.16. The molecule has 1 rings (SSSR count). The third kappa shape index (κ3) is 0.983. The van der Waals surface area contributed by atoms with Crippen molar-refractivity contribution in [3.05, 3.63) is 0 Å². The Balaban J connectivity index is 2.78. The molecule has 0 heterocycles. The summed E-state index contributed by atoms with van der Waals surface area (Å²) in [5.41, 5.74) is -1.22. The van der Waals surface area contributed by atoms with Crippen molar-refractivity contribution in [2.75, 3.05) is 7.11 Å². The zero-order valence-corrected chi connectivity index (χ0v) is 7.16. The first-order valence-electron chi connectivity index (χ1n) is 3.91. The van der Waals surface area contributed by atoms with Gasteiger partial charge in [-0.05, 0) is 12.3 Å². The van der Waals surface area contributed by atoms with Gasteiger partial charge in [-0.1, -0.05) is 13.3 Å². The highest BCUT2D eigenvalue weighted by Crippen LogP contribution is 2.55. The molecule has 0 amide bonds. The average molecular weight is 172 g/mol. The molecule has 12 heavy (non-hydrogen) atoms. The molecular weight excluding hydrogens is 160 g/mol. The van der Waals surface area contributed by atoms with Crippen molar-refractivity contribution in [2.45, 2.75) is 19.8 Å². The highest BCUT2D eigenvalue weighted by atomic mass is 16.5. The van der Waals surface area contributed by atoms with Gasteiger partial charge in [0.05, 0.1) is 7.11 Å². The second-order valence-electron chi connectivity index (χ2n) is 3.08. The van der Waals surface area contributed by atoms with Gasteiger partial charge >= 0.3 is 11.9 Å². The Kier molecular flexibility index (Phi) is 2.08. The van der Waals surface area contributed by atoms with Crippen LogP contribution in [0.3, 0.4) is 0 Å². The fraction of sp³-hybridized carbons (Fsp3) is 0.750. The lowest BCUT2D eigenvalue weighted by atomic mass is 10.0. The van der Waals surface area contributed by atoms with Crippen molar-refractivity contribution < 1.29 is 19.4 Å². The molecule has 0 aliphatic heterocycles. The average Bonchev–Trinajstić information content (AvgIpc) is 2.78. The molecule has 0 aromatic heterocycles. The highest BCUT2D eigenvalue weighted by molar-refractivity contribution is 6.02. The number of carboxylic acid groups (broad SMARTS) is 1. The van der Waals surface area contributed by atoms with E-state index in [1.165, 1.54) is 7.11 Å². The van der Waals surface area contributed by atoms with E-state index < -0.39 is 17.4 Å². The topological polar surface area (TPSA) is 63.6 Å². The third-order valence-corrected chi connectivity index (χ3v) is 2.53. The van der Waals surface area contributed by atoms with Gasteiger partial charge in [0.1, 0.15) is 0 Å². The largest absolute Gasteiger partial charge is 0.480 e. The van der Waals surface area contributed by atoms with Gasteiger partial charge in [-0.3, -0.25) is 9.59 Å². The maximum absolute atomic E-state index is 11.1. The van der Waals surface area contributed by atoms with Crippen molar-refractivity contribution in [1.29, 1.82) is 0 Å². The molecule has 0 aromatic rings. The number of carboxylic acids is 1. The molecule has 0 bridgehead atoms. The van der Waals surface area contributed by atoms with E-state index in [2.05, 4.69) is 4.74 Å². The van der Waals surface area contributed by atoms with Crippen LogP contribution < -0.4 is 0 Å². The number of carbonyl (C=O) groups excluding carboxylic acids is 1. The van der Waals surface area contributed by atoms with Crippen LogP contribution in [0.2, 0.25) is 0 Å². The van der Waals surface area contributed by atoms with E-state index in [9.17, 15) is 9.59 Å². The maximum atomic E-state index is 11.1. The van der Waals surface area contributed by atoms with Gasteiger partial charge in [0, 0.05) is 0 Å². The third-order valence-electron chi connectivity index (χ3n) is 2.53. The molecule has 1 aliphatic carbocycles. The predicted octanol–water partition coefficient (Wildman–Crippen LogP) is 0.660. The molecule has 68 valence electrons. The van der Waals surface area contributed by atoms with E-state index in [1.54, 1.807) is 0 Å². The Morgan fingerprint density at radius 1 is 1.67 bits per heavy atom. The molecule has 0 spiro atoms. The van der Waals surface area contributed by atoms with E-state index >= 15 is 0 Å². The second-order valence-corrected chi connectivity index (χ2v) is 3.08. The second kappa shape index (κ2) is 2.77. The smallest absolute Gasteiger partial charge is 0.323 e. The predicted molar refractivity (Wildman–Crippen MR) is 40.5 cm³/mol. The number of ether oxygens (including phenoxy) is 1. The minimum atomic E-state index is -1.22. The maximum Gasteiger partial charge on any atom is 0.323 e. The Hall–Kier alpha value is -1.06. The first-order chi connectivity index (χ1) is 5.59. The minimum absolute atomic E-state index is 0.0394. The van der Waals surface area contributed by atoms with Crippen LogP contribution in [0, 0.1) is 11.3 Å². The van der Waals surface area contributed by atoms with Crippen LogP contribution in [0.1, 0.15) is 19.8 Å². The number of aliphatic carboxylic acids is 1. The van der Waals surface area contributed by atoms with E-state index in [0.29, 0.717) is 12.8 Å². The minimum Gasteiger partial charge on any atom is -0.480 e. The molecule has 0 aromatic carbocycles. The number of hydrogen-bond acceptors (Lipinski definition) is 3. The van der Waals surface area contributed by atoms with E-state index in [1.807, 2.05) is 6.92 Å². The Morgan fingerprint density at radius 2 is 2.25 bits per heavy atom. The molecule has 0 radical (unpaired) electrons. The zero-order chi connectivity index (χ0) is 9.35. The van der Waals surface area contributed by atoms with Crippen molar-refractivity contribution in [1.82, 2.24) is 0 Å². The first-order valence-corrected chi connectivity index (χ1v) is 3.91. The van der Waals surface area contributed by atoms with Gasteiger partial charge in [0.2, 0.25) is 0 Å². The van der Waals surface area contributed by atoms with Crippen LogP contribution in [0.5, 0.6) is 0 Å². The fourth-order valence-corrected chi connectivity index (χ4v) is 1.60. The lowest BCUT2D eigenvalue weighted by Gasteiger charge is -2.07. The normalized spacial score (nSPS) is 32.7. The summed E-state index contributed by atoms with van der Waals surface area (Å²) in [5, 5.41) is 8.81. The SMILES string of the molecule is CCC1CC1(C(=O)O)C(=O)OC.